The van der Waals surface area contributed by atoms with Crippen LogP contribution in [0, 0.1) is 0 Å². The Kier molecular flexibility index (Phi) is 4.93. The van der Waals surface area contributed by atoms with Gasteiger partial charge in [0, 0.05) is 24.8 Å². The predicted molar refractivity (Wildman–Crippen MR) is 63.5 cm³/mol. The van der Waals surface area contributed by atoms with Crippen molar-refractivity contribution >= 4 is 30.1 Å². The van der Waals surface area contributed by atoms with E-state index < -0.39 is 0 Å². The van der Waals surface area contributed by atoms with Crippen LogP contribution in [0.15, 0.2) is 18.2 Å². The standard InChI is InChI=1S/C9H13ClN2OS/c1-13-9-6-7(2-3-8(9)10)11-4-5-12-14/h2-3,6,11-12,14H,4-5H2,1H3. The molecule has 0 amide bonds. The van der Waals surface area contributed by atoms with E-state index in [4.69, 9.17) is 16.3 Å². The molecule has 0 saturated carbocycles. The average molecular weight is 233 g/mol. The summed E-state index contributed by atoms with van der Waals surface area (Å²) in [5, 5.41) is 3.81. The second-order valence-electron chi connectivity index (χ2n) is 2.68. The molecule has 0 aromatic heterocycles. The van der Waals surface area contributed by atoms with Crippen LogP contribution < -0.4 is 14.8 Å². The minimum atomic E-state index is 0.616. The number of rotatable bonds is 5. The van der Waals surface area contributed by atoms with Crippen LogP contribution in [0.2, 0.25) is 5.02 Å². The van der Waals surface area contributed by atoms with Gasteiger partial charge in [-0.3, -0.25) is 4.72 Å². The van der Waals surface area contributed by atoms with Gasteiger partial charge in [0.25, 0.3) is 0 Å². The minimum Gasteiger partial charge on any atom is -0.495 e. The molecule has 0 atom stereocenters. The number of nitrogens with one attached hydrogen (secondary N) is 2. The molecule has 0 bridgehead atoms. The normalized spacial score (nSPS) is 9.93. The minimum absolute atomic E-state index is 0.616. The number of hydrogen-bond acceptors (Lipinski definition) is 4. The number of thiol groups is 1. The van der Waals surface area contributed by atoms with Crippen LogP contribution in [-0.4, -0.2) is 20.2 Å². The first kappa shape index (κ1) is 11.5. The van der Waals surface area contributed by atoms with Gasteiger partial charge in [-0.2, -0.15) is 0 Å². The quantitative estimate of drug-likeness (QED) is 0.538. The number of benzene rings is 1. The van der Waals surface area contributed by atoms with Crippen LogP contribution in [0.5, 0.6) is 5.75 Å². The molecule has 0 fully saturated rings. The third-order valence-electron chi connectivity index (χ3n) is 1.72. The fourth-order valence-electron chi connectivity index (χ4n) is 1.03. The predicted octanol–water partition coefficient (Wildman–Crippen LogP) is 2.19. The van der Waals surface area contributed by atoms with Gasteiger partial charge in [-0.25, -0.2) is 0 Å². The van der Waals surface area contributed by atoms with Crippen molar-refractivity contribution < 1.29 is 4.74 Å². The monoisotopic (exact) mass is 232 g/mol. The topological polar surface area (TPSA) is 33.3 Å². The third-order valence-corrected chi connectivity index (χ3v) is 2.25. The molecule has 0 saturated heterocycles. The zero-order chi connectivity index (χ0) is 10.4. The summed E-state index contributed by atoms with van der Waals surface area (Å²) in [6.45, 7) is 1.59. The van der Waals surface area contributed by atoms with Gasteiger partial charge in [0.05, 0.1) is 12.1 Å². The van der Waals surface area contributed by atoms with E-state index in [0.29, 0.717) is 10.8 Å². The highest BCUT2D eigenvalue weighted by Gasteiger charge is 2.00. The molecule has 1 aromatic carbocycles. The summed E-state index contributed by atoms with van der Waals surface area (Å²) in [6.07, 6.45) is 0. The van der Waals surface area contributed by atoms with Crippen molar-refractivity contribution in [3.05, 3.63) is 23.2 Å². The van der Waals surface area contributed by atoms with Crippen LogP contribution in [-0.2, 0) is 0 Å². The van der Waals surface area contributed by atoms with Crippen molar-refractivity contribution in [3.63, 3.8) is 0 Å². The summed E-state index contributed by atoms with van der Waals surface area (Å²) in [5.74, 6) is 0.676. The van der Waals surface area contributed by atoms with E-state index in [9.17, 15) is 0 Å². The zero-order valence-corrected chi connectivity index (χ0v) is 9.53. The molecule has 5 heteroatoms. The molecule has 1 aromatic rings. The van der Waals surface area contributed by atoms with Crippen molar-refractivity contribution in [3.8, 4) is 5.75 Å². The first-order valence-electron chi connectivity index (χ1n) is 4.22. The molecule has 0 aliphatic rings. The maximum atomic E-state index is 5.88. The van der Waals surface area contributed by atoms with Gasteiger partial charge in [-0.1, -0.05) is 24.4 Å². The molecule has 0 spiro atoms. The fourth-order valence-corrected chi connectivity index (χ4v) is 1.34. The summed E-state index contributed by atoms with van der Waals surface area (Å²) >= 11 is 9.77. The lowest BCUT2D eigenvalue weighted by Crippen LogP contribution is -2.13. The zero-order valence-electron chi connectivity index (χ0n) is 7.88. The van der Waals surface area contributed by atoms with E-state index >= 15 is 0 Å². The maximum Gasteiger partial charge on any atom is 0.139 e. The van der Waals surface area contributed by atoms with Crippen LogP contribution in [0.3, 0.4) is 0 Å². The molecular formula is C9H13ClN2OS. The lowest BCUT2D eigenvalue weighted by Gasteiger charge is -2.08. The van der Waals surface area contributed by atoms with Gasteiger partial charge in [0.1, 0.15) is 5.75 Å². The number of ether oxygens (including phenoxy) is 1. The molecule has 0 aliphatic carbocycles. The molecule has 2 N–H and O–H groups in total. The maximum absolute atomic E-state index is 5.88. The van der Waals surface area contributed by atoms with Crippen molar-refractivity contribution in [2.75, 3.05) is 25.5 Å². The van der Waals surface area contributed by atoms with Crippen molar-refractivity contribution in [2.45, 2.75) is 0 Å². The molecule has 3 nitrogen and oxygen atoms in total. The highest BCUT2D eigenvalue weighted by molar-refractivity contribution is 7.78. The Hall–Kier alpha value is -0.580. The molecule has 0 aliphatic heterocycles. The lowest BCUT2D eigenvalue weighted by atomic mass is 10.3. The van der Waals surface area contributed by atoms with Crippen LogP contribution in [0.25, 0.3) is 0 Å². The molecule has 0 radical (unpaired) electrons. The molecule has 14 heavy (non-hydrogen) atoms. The molecule has 0 heterocycles. The number of anilines is 1. The summed E-state index contributed by atoms with van der Waals surface area (Å²) in [5.41, 5.74) is 0.981. The lowest BCUT2D eigenvalue weighted by molar-refractivity contribution is 0.415. The highest BCUT2D eigenvalue weighted by Crippen LogP contribution is 2.27. The van der Waals surface area contributed by atoms with E-state index in [1.54, 1.807) is 13.2 Å². The summed E-state index contributed by atoms with van der Waals surface area (Å²) in [6, 6.07) is 5.57. The number of halogens is 1. The first-order chi connectivity index (χ1) is 6.77. The van der Waals surface area contributed by atoms with Crippen LogP contribution in [0.4, 0.5) is 5.69 Å². The van der Waals surface area contributed by atoms with E-state index in [1.165, 1.54) is 0 Å². The van der Waals surface area contributed by atoms with Gasteiger partial charge >= 0.3 is 0 Å². The SMILES string of the molecule is COc1cc(NCCNS)ccc1Cl. The summed E-state index contributed by atoms with van der Waals surface area (Å²) in [7, 11) is 1.60. The first-order valence-corrected chi connectivity index (χ1v) is 5.05. The Labute approximate surface area is 94.3 Å². The van der Waals surface area contributed by atoms with Gasteiger partial charge in [-0.15, -0.1) is 0 Å². The Balaban J connectivity index is 2.60. The van der Waals surface area contributed by atoms with E-state index in [1.807, 2.05) is 12.1 Å². The van der Waals surface area contributed by atoms with Gasteiger partial charge < -0.3 is 10.1 Å². The van der Waals surface area contributed by atoms with Crippen LogP contribution >= 0.6 is 24.4 Å². The van der Waals surface area contributed by atoms with Crippen molar-refractivity contribution in [2.24, 2.45) is 0 Å². The summed E-state index contributed by atoms with van der Waals surface area (Å²) < 4.78 is 7.84. The Morgan fingerprint density at radius 3 is 2.86 bits per heavy atom. The van der Waals surface area contributed by atoms with E-state index in [0.717, 1.165) is 18.8 Å². The van der Waals surface area contributed by atoms with Gasteiger partial charge in [-0.05, 0) is 12.1 Å². The van der Waals surface area contributed by atoms with E-state index in [2.05, 4.69) is 22.9 Å². The van der Waals surface area contributed by atoms with Gasteiger partial charge in [0.15, 0.2) is 0 Å². The number of methoxy groups -OCH3 is 1. The fraction of sp³-hybridized carbons (Fsp3) is 0.333. The third kappa shape index (κ3) is 3.29. The molecule has 1 rings (SSSR count). The van der Waals surface area contributed by atoms with Gasteiger partial charge in [0.2, 0.25) is 0 Å². The smallest absolute Gasteiger partial charge is 0.139 e. The van der Waals surface area contributed by atoms with Crippen LogP contribution in [0.1, 0.15) is 0 Å². The van der Waals surface area contributed by atoms with E-state index in [-0.39, 0.29) is 0 Å². The Morgan fingerprint density at radius 2 is 2.21 bits per heavy atom. The van der Waals surface area contributed by atoms with Crippen molar-refractivity contribution in [1.82, 2.24) is 4.72 Å². The second-order valence-corrected chi connectivity index (χ2v) is 3.41. The largest absolute Gasteiger partial charge is 0.495 e. The molecular weight excluding hydrogens is 220 g/mol. The van der Waals surface area contributed by atoms with Crippen molar-refractivity contribution in [1.29, 1.82) is 0 Å². The second kappa shape index (κ2) is 6.01. The number of hydrogen-bond donors (Lipinski definition) is 3. The molecule has 78 valence electrons. The Morgan fingerprint density at radius 1 is 1.43 bits per heavy atom. The highest BCUT2D eigenvalue weighted by atomic mass is 35.5. The average Bonchev–Trinajstić information content (AvgIpc) is 2.21. The molecule has 0 unspecified atom stereocenters. The Bertz CT molecular complexity index is 296. The summed E-state index contributed by atoms with van der Waals surface area (Å²) in [4.78, 5) is 0.